The van der Waals surface area contributed by atoms with E-state index in [1.54, 1.807) is 12.1 Å². The Bertz CT molecular complexity index is 1360. The zero-order valence-corrected chi connectivity index (χ0v) is 21.0. The molecule has 2 N–H and O–H groups in total. The van der Waals surface area contributed by atoms with Gasteiger partial charge in [-0.3, -0.25) is 0 Å². The molecule has 0 spiro atoms. The Morgan fingerprint density at radius 2 is 1.69 bits per heavy atom. The monoisotopic (exact) mass is 495 g/mol. The first kappa shape index (κ1) is 23.4. The van der Waals surface area contributed by atoms with E-state index in [0.717, 1.165) is 17.9 Å². The van der Waals surface area contributed by atoms with Gasteiger partial charge in [-0.25, -0.2) is 27.0 Å². The van der Waals surface area contributed by atoms with Crippen LogP contribution in [0.5, 0.6) is 0 Å². The van der Waals surface area contributed by atoms with Crippen molar-refractivity contribution in [3.8, 4) is 0 Å². The van der Waals surface area contributed by atoms with E-state index in [-0.39, 0.29) is 18.7 Å². The molecule has 0 saturated heterocycles. The average molecular weight is 496 g/mol. The molecule has 0 radical (unpaired) electrons. The summed E-state index contributed by atoms with van der Waals surface area (Å²) in [4.78, 5) is 4.94. The maximum atomic E-state index is 13.2. The molecule has 0 unspecified atom stereocenters. The van der Waals surface area contributed by atoms with Gasteiger partial charge in [-0.05, 0) is 49.1 Å². The summed E-state index contributed by atoms with van der Waals surface area (Å²) in [6.45, 7) is 7.23. The summed E-state index contributed by atoms with van der Waals surface area (Å²) < 4.78 is 51.5. The Kier molecular flexibility index (Phi) is 6.02. The van der Waals surface area contributed by atoms with Crippen LogP contribution in [0, 0.1) is 5.92 Å². The van der Waals surface area contributed by atoms with Crippen molar-refractivity contribution < 1.29 is 16.8 Å². The second kappa shape index (κ2) is 8.23. The molecular weight excluding hydrogens is 466 g/mol. The molecule has 1 aliphatic carbocycles. The molecule has 1 saturated carbocycles. The average Bonchev–Trinajstić information content (AvgIpc) is 3.34. The third kappa shape index (κ3) is 4.50. The molecule has 0 atom stereocenters. The van der Waals surface area contributed by atoms with Crippen molar-refractivity contribution in [2.24, 2.45) is 11.1 Å². The maximum absolute atomic E-state index is 13.2. The van der Waals surface area contributed by atoms with Crippen molar-refractivity contribution in [2.45, 2.75) is 78.1 Å². The van der Waals surface area contributed by atoms with E-state index in [2.05, 4.69) is 25.3 Å². The molecule has 3 aromatic rings. The van der Waals surface area contributed by atoms with Crippen LogP contribution in [-0.2, 0) is 31.8 Å². The molecule has 1 aliphatic rings. The molecule has 174 valence electrons. The van der Waals surface area contributed by atoms with Gasteiger partial charge in [0.05, 0.1) is 15.9 Å². The van der Waals surface area contributed by atoms with Crippen LogP contribution in [0.3, 0.4) is 0 Å². The van der Waals surface area contributed by atoms with Gasteiger partial charge in [0.1, 0.15) is 14.2 Å². The number of rotatable bonds is 5. The molecule has 32 heavy (non-hydrogen) atoms. The van der Waals surface area contributed by atoms with E-state index < -0.39 is 19.9 Å². The van der Waals surface area contributed by atoms with E-state index >= 15 is 0 Å². The van der Waals surface area contributed by atoms with Gasteiger partial charge in [0.2, 0.25) is 19.9 Å². The lowest BCUT2D eigenvalue weighted by Gasteiger charge is -2.26. The summed E-state index contributed by atoms with van der Waals surface area (Å²) in [5, 5.41) is 5.14. The number of aromatic nitrogens is 2. The number of sulfonamides is 1. The van der Waals surface area contributed by atoms with E-state index in [0.29, 0.717) is 22.8 Å². The Balaban J connectivity index is 1.78. The number of nitrogens with two attached hydrogens (primary N) is 1. The molecule has 1 aromatic carbocycles. The van der Waals surface area contributed by atoms with Gasteiger partial charge >= 0.3 is 0 Å². The molecule has 0 aliphatic heterocycles. The summed E-state index contributed by atoms with van der Waals surface area (Å²) >= 11 is 0.656. The first-order valence-corrected chi connectivity index (χ1v) is 14.6. The molecule has 4 rings (SSSR count). The first-order chi connectivity index (χ1) is 14.9. The predicted molar refractivity (Wildman–Crippen MR) is 126 cm³/mol. The summed E-state index contributed by atoms with van der Waals surface area (Å²) in [6.07, 6.45) is 6.23. The highest BCUT2D eigenvalue weighted by Gasteiger charge is 2.27. The first-order valence-electron chi connectivity index (χ1n) is 10.8. The van der Waals surface area contributed by atoms with Gasteiger partial charge in [0.15, 0.2) is 0 Å². The van der Waals surface area contributed by atoms with Crippen LogP contribution in [0.1, 0.15) is 58.7 Å². The number of primary sulfonamides is 1. The summed E-state index contributed by atoms with van der Waals surface area (Å²) in [5.41, 5.74) is 1.37. The SMILES string of the molecule is CC(C)(C)c1nc2cc(S(=O)(=O)c3ccc(S(N)(=O)=O)s3)ccc2n1CC1CCCCC1. The number of thiophene rings is 1. The molecule has 10 heteroatoms. The second-order valence-corrected chi connectivity index (χ2v) is 14.6. The highest BCUT2D eigenvalue weighted by atomic mass is 32.3. The van der Waals surface area contributed by atoms with Crippen molar-refractivity contribution in [3.63, 3.8) is 0 Å². The van der Waals surface area contributed by atoms with Crippen LogP contribution in [0.15, 0.2) is 43.6 Å². The van der Waals surface area contributed by atoms with Crippen molar-refractivity contribution >= 4 is 42.2 Å². The number of hydrogen-bond acceptors (Lipinski definition) is 6. The zero-order chi connectivity index (χ0) is 23.3. The highest BCUT2D eigenvalue weighted by molar-refractivity contribution is 7.95. The van der Waals surface area contributed by atoms with Crippen LogP contribution < -0.4 is 5.14 Å². The normalized spacial score (nSPS) is 16.6. The van der Waals surface area contributed by atoms with Crippen LogP contribution in [-0.4, -0.2) is 26.4 Å². The van der Waals surface area contributed by atoms with Crippen molar-refractivity contribution in [1.82, 2.24) is 9.55 Å². The van der Waals surface area contributed by atoms with E-state index in [9.17, 15) is 16.8 Å². The van der Waals surface area contributed by atoms with E-state index in [1.807, 2.05) is 6.07 Å². The Hall–Kier alpha value is -1.75. The van der Waals surface area contributed by atoms with Crippen LogP contribution in [0.2, 0.25) is 0 Å². The molecule has 2 heterocycles. The molecule has 7 nitrogen and oxygen atoms in total. The molecule has 2 aromatic heterocycles. The highest BCUT2D eigenvalue weighted by Crippen LogP contribution is 2.34. The number of nitrogens with zero attached hydrogens (tertiary/aromatic N) is 2. The minimum absolute atomic E-state index is 0.0569. The quantitative estimate of drug-likeness (QED) is 0.562. The topological polar surface area (TPSA) is 112 Å². The molecular formula is C22H29N3O4S3. The summed E-state index contributed by atoms with van der Waals surface area (Å²) in [6, 6.07) is 7.50. The van der Waals surface area contributed by atoms with Crippen molar-refractivity contribution in [1.29, 1.82) is 0 Å². The Labute approximate surface area is 193 Å². The largest absolute Gasteiger partial charge is 0.327 e. The fourth-order valence-electron chi connectivity index (χ4n) is 4.38. The number of sulfone groups is 1. The predicted octanol–water partition coefficient (Wildman–Crippen LogP) is 4.46. The summed E-state index contributed by atoms with van der Waals surface area (Å²) in [5.74, 6) is 1.55. The van der Waals surface area contributed by atoms with Gasteiger partial charge in [0.25, 0.3) is 0 Å². The fourth-order valence-corrected chi connectivity index (χ4v) is 7.99. The van der Waals surface area contributed by atoms with Crippen molar-refractivity contribution in [3.05, 3.63) is 36.2 Å². The Morgan fingerprint density at radius 3 is 2.28 bits per heavy atom. The number of fused-ring (bicyclic) bond motifs is 1. The smallest absolute Gasteiger partial charge is 0.247 e. The molecule has 0 amide bonds. The standard InChI is InChI=1S/C22H29N3O4S3/c1-22(2,3)21-24-17-13-16(31(26,27)19-11-12-20(30-19)32(23,28)29)9-10-18(17)25(21)14-15-7-5-4-6-8-15/h9-13,15H,4-8,14H2,1-3H3,(H2,23,28,29). The lowest BCUT2D eigenvalue weighted by Crippen LogP contribution is -2.22. The molecule has 0 bridgehead atoms. The summed E-state index contributed by atoms with van der Waals surface area (Å²) in [7, 11) is -7.84. The van der Waals surface area contributed by atoms with Gasteiger partial charge in [0, 0.05) is 12.0 Å². The number of imidazole rings is 1. The van der Waals surface area contributed by atoms with Crippen LogP contribution >= 0.6 is 11.3 Å². The second-order valence-electron chi connectivity index (χ2n) is 9.57. The Morgan fingerprint density at radius 1 is 1.03 bits per heavy atom. The minimum atomic E-state index is -3.95. The number of benzene rings is 1. The van der Waals surface area contributed by atoms with Gasteiger partial charge in [-0.15, -0.1) is 11.3 Å². The van der Waals surface area contributed by atoms with Crippen LogP contribution in [0.25, 0.3) is 11.0 Å². The minimum Gasteiger partial charge on any atom is -0.327 e. The maximum Gasteiger partial charge on any atom is 0.247 e. The number of hydrogen-bond donors (Lipinski definition) is 1. The van der Waals surface area contributed by atoms with Crippen molar-refractivity contribution in [2.75, 3.05) is 0 Å². The van der Waals surface area contributed by atoms with E-state index in [1.165, 1.54) is 44.2 Å². The molecule has 1 fully saturated rings. The fraction of sp³-hybridized carbons (Fsp3) is 0.500. The van der Waals surface area contributed by atoms with Crippen LogP contribution in [0.4, 0.5) is 0 Å². The van der Waals surface area contributed by atoms with Gasteiger partial charge in [-0.1, -0.05) is 40.0 Å². The lowest BCUT2D eigenvalue weighted by atomic mass is 9.88. The third-order valence-corrected chi connectivity index (χ3v) is 10.7. The van der Waals surface area contributed by atoms with E-state index in [4.69, 9.17) is 10.1 Å². The van der Waals surface area contributed by atoms with Gasteiger partial charge in [-0.2, -0.15) is 0 Å². The van der Waals surface area contributed by atoms with Gasteiger partial charge < -0.3 is 4.57 Å². The third-order valence-electron chi connectivity index (χ3n) is 5.97. The lowest BCUT2D eigenvalue weighted by molar-refractivity contribution is 0.313. The zero-order valence-electron chi connectivity index (χ0n) is 18.5.